The van der Waals surface area contributed by atoms with Gasteiger partial charge in [0.05, 0.1) is 55.7 Å². The predicted molar refractivity (Wildman–Crippen MR) is 224 cm³/mol. The van der Waals surface area contributed by atoms with Crippen LogP contribution in [0.3, 0.4) is 0 Å². The van der Waals surface area contributed by atoms with Gasteiger partial charge in [-0.1, -0.05) is 121 Å². The van der Waals surface area contributed by atoms with Crippen molar-refractivity contribution in [2.24, 2.45) is 0 Å². The van der Waals surface area contributed by atoms with Crippen molar-refractivity contribution in [1.29, 1.82) is 21.0 Å². The van der Waals surface area contributed by atoms with Crippen molar-refractivity contribution in [3.63, 3.8) is 0 Å². The zero-order chi connectivity index (χ0) is 37.7. The molecule has 0 bridgehead atoms. The molecule has 0 saturated carbocycles. The minimum atomic E-state index is 0.0229. The molecular weight excluding hydrogens is 685 g/mol. The lowest BCUT2D eigenvalue weighted by atomic mass is 9.93. The highest BCUT2D eigenvalue weighted by molar-refractivity contribution is 6.30. The molecule has 6 heteroatoms. The normalized spacial score (nSPS) is 11.5. The van der Waals surface area contributed by atoms with Gasteiger partial charge in [-0.05, 0) is 67.4 Å². The standard InChI is InChI=1S/C50H24N6/c51-25-37-39(27-53)50(56-43-23-19-31-11-3-7-15-35(31)47(43)48-36-16-8-4-12-32(36)20-24-44(48)56)40(28-54)38(26-52)49(37)55-41-21-17-29-9-1-5-13-33(29)45(41)46-34-14-6-2-10-30(34)18-22-42(46)55/h1-24H. The molecule has 0 aliphatic heterocycles. The Morgan fingerprint density at radius 2 is 0.518 bits per heavy atom. The maximum absolute atomic E-state index is 11.2. The predicted octanol–water partition coefficient (Wildman–Crippen LogP) is 12.0. The first kappa shape index (κ1) is 31.1. The second-order valence-electron chi connectivity index (χ2n) is 14.0. The third-order valence-corrected chi connectivity index (χ3v) is 11.4. The third-order valence-electron chi connectivity index (χ3n) is 11.4. The maximum atomic E-state index is 11.2. The molecule has 56 heavy (non-hydrogen) atoms. The topological polar surface area (TPSA) is 105 Å². The first-order valence-corrected chi connectivity index (χ1v) is 18.2. The Balaban J connectivity index is 1.36. The first-order chi connectivity index (χ1) is 27.7. The quantitative estimate of drug-likeness (QED) is 0.178. The minimum absolute atomic E-state index is 0.0229. The summed E-state index contributed by atoms with van der Waals surface area (Å²) in [7, 11) is 0. The van der Waals surface area contributed by atoms with Crippen LogP contribution in [0.15, 0.2) is 146 Å². The van der Waals surface area contributed by atoms with E-state index in [1.165, 1.54) is 0 Å². The second kappa shape index (κ2) is 11.5. The average molecular weight is 709 g/mol. The van der Waals surface area contributed by atoms with Crippen molar-refractivity contribution < 1.29 is 0 Å². The van der Waals surface area contributed by atoms with Gasteiger partial charge in [-0.3, -0.25) is 0 Å². The van der Waals surface area contributed by atoms with Gasteiger partial charge in [0, 0.05) is 21.5 Å². The van der Waals surface area contributed by atoms with E-state index in [2.05, 4.69) is 72.8 Å². The smallest absolute Gasteiger partial charge is 0.103 e. The summed E-state index contributed by atoms with van der Waals surface area (Å²) in [6.07, 6.45) is 0. The molecule has 254 valence electrons. The van der Waals surface area contributed by atoms with E-state index in [-0.39, 0.29) is 33.6 Å². The van der Waals surface area contributed by atoms with Gasteiger partial charge in [0.15, 0.2) is 0 Å². The molecule has 0 saturated heterocycles. The summed E-state index contributed by atoms with van der Waals surface area (Å²) in [4.78, 5) is 0. The molecule has 0 radical (unpaired) electrons. The Labute approximate surface area is 319 Å². The fraction of sp³-hybridized carbons (Fsp3) is 0. The molecule has 0 atom stereocenters. The molecule has 0 fully saturated rings. The summed E-state index contributed by atoms with van der Waals surface area (Å²) in [5, 5.41) is 57.0. The molecule has 9 aromatic carbocycles. The fourth-order valence-corrected chi connectivity index (χ4v) is 9.18. The summed E-state index contributed by atoms with van der Waals surface area (Å²) in [6.45, 7) is 0. The van der Waals surface area contributed by atoms with E-state index in [0.717, 1.165) is 86.7 Å². The molecule has 11 aromatic rings. The summed E-state index contributed by atoms with van der Waals surface area (Å²) < 4.78 is 3.83. The monoisotopic (exact) mass is 708 g/mol. The minimum Gasteiger partial charge on any atom is -0.306 e. The molecule has 0 amide bonds. The Hall–Kier alpha value is -8.42. The van der Waals surface area contributed by atoms with Crippen molar-refractivity contribution in [3.8, 4) is 35.7 Å². The molecule has 11 rings (SSSR count). The molecule has 2 heterocycles. The van der Waals surface area contributed by atoms with Gasteiger partial charge in [0.1, 0.15) is 24.3 Å². The van der Waals surface area contributed by atoms with E-state index >= 15 is 0 Å². The van der Waals surface area contributed by atoms with Crippen LogP contribution < -0.4 is 0 Å². The average Bonchev–Trinajstić information content (AvgIpc) is 3.79. The third kappa shape index (κ3) is 3.94. The van der Waals surface area contributed by atoms with Crippen molar-refractivity contribution >= 4 is 86.7 Å². The van der Waals surface area contributed by atoms with Crippen LogP contribution in [0, 0.1) is 45.3 Å². The second-order valence-corrected chi connectivity index (χ2v) is 14.0. The zero-order valence-electron chi connectivity index (χ0n) is 29.5. The molecule has 0 unspecified atom stereocenters. The van der Waals surface area contributed by atoms with E-state index < -0.39 is 0 Å². The number of fused-ring (bicyclic) bond motifs is 14. The number of aromatic nitrogens is 2. The molecule has 6 nitrogen and oxygen atoms in total. The first-order valence-electron chi connectivity index (χ1n) is 18.2. The van der Waals surface area contributed by atoms with Gasteiger partial charge in [-0.15, -0.1) is 0 Å². The van der Waals surface area contributed by atoms with E-state index in [4.69, 9.17) is 0 Å². The van der Waals surface area contributed by atoms with Crippen LogP contribution in [-0.2, 0) is 0 Å². The number of nitrogens with zero attached hydrogens (tertiary/aromatic N) is 6. The van der Waals surface area contributed by atoms with E-state index in [1.54, 1.807) is 0 Å². The molecule has 0 spiro atoms. The summed E-state index contributed by atoms with van der Waals surface area (Å²) in [6, 6.07) is 58.3. The Morgan fingerprint density at radius 3 is 0.750 bits per heavy atom. The van der Waals surface area contributed by atoms with Gasteiger partial charge >= 0.3 is 0 Å². The molecular formula is C50H24N6. The van der Waals surface area contributed by atoms with Crippen LogP contribution in [0.5, 0.6) is 0 Å². The van der Waals surface area contributed by atoms with Gasteiger partial charge in [0.2, 0.25) is 0 Å². The van der Waals surface area contributed by atoms with E-state index in [0.29, 0.717) is 0 Å². The number of rotatable bonds is 2. The van der Waals surface area contributed by atoms with Crippen LogP contribution in [0.4, 0.5) is 0 Å². The lowest BCUT2D eigenvalue weighted by Crippen LogP contribution is -2.11. The molecule has 0 aliphatic rings. The Kier molecular flexibility index (Phi) is 6.42. The fourth-order valence-electron chi connectivity index (χ4n) is 9.18. The highest BCUT2D eigenvalue weighted by atomic mass is 15.0. The van der Waals surface area contributed by atoms with Crippen LogP contribution in [-0.4, -0.2) is 9.13 Å². The van der Waals surface area contributed by atoms with Gasteiger partial charge in [-0.25, -0.2) is 0 Å². The molecule has 2 aromatic heterocycles. The van der Waals surface area contributed by atoms with Crippen LogP contribution in [0.2, 0.25) is 0 Å². The lowest BCUT2D eigenvalue weighted by molar-refractivity contribution is 1.10. The van der Waals surface area contributed by atoms with Gasteiger partial charge in [0.25, 0.3) is 0 Å². The highest BCUT2D eigenvalue weighted by Gasteiger charge is 2.31. The summed E-state index contributed by atoms with van der Waals surface area (Å²) in [5.74, 6) is 0. The number of nitriles is 4. The van der Waals surface area contributed by atoms with Gasteiger partial charge in [-0.2, -0.15) is 21.0 Å². The molecule has 0 N–H and O–H groups in total. The van der Waals surface area contributed by atoms with Crippen molar-refractivity contribution in [1.82, 2.24) is 9.13 Å². The van der Waals surface area contributed by atoms with E-state index in [9.17, 15) is 21.0 Å². The Morgan fingerprint density at radius 1 is 0.286 bits per heavy atom. The highest BCUT2D eigenvalue weighted by Crippen LogP contribution is 2.46. The largest absolute Gasteiger partial charge is 0.306 e. The lowest BCUT2D eigenvalue weighted by Gasteiger charge is -2.19. The van der Waals surface area contributed by atoms with Crippen LogP contribution >= 0.6 is 0 Å². The molecule has 0 aliphatic carbocycles. The van der Waals surface area contributed by atoms with Crippen molar-refractivity contribution in [3.05, 3.63) is 168 Å². The number of hydrogen-bond donors (Lipinski definition) is 0. The van der Waals surface area contributed by atoms with Crippen molar-refractivity contribution in [2.45, 2.75) is 0 Å². The number of benzene rings is 9. The van der Waals surface area contributed by atoms with Crippen molar-refractivity contribution in [2.75, 3.05) is 0 Å². The maximum Gasteiger partial charge on any atom is 0.103 e. The van der Waals surface area contributed by atoms with Gasteiger partial charge < -0.3 is 9.13 Å². The SMILES string of the molecule is N#Cc1c(C#N)c(-n2c3ccc4ccccc4c3c3c4ccccc4ccc32)c(C#N)c(C#N)c1-n1c2ccc3ccccc3c2c2c3ccccc3ccc21. The summed E-state index contributed by atoms with van der Waals surface area (Å²) >= 11 is 0. The van der Waals surface area contributed by atoms with Crippen LogP contribution in [0.1, 0.15) is 22.3 Å². The summed E-state index contributed by atoms with van der Waals surface area (Å²) in [5.41, 5.74) is 3.57. The number of hydrogen-bond acceptors (Lipinski definition) is 4. The Bertz CT molecular complexity index is 3270. The zero-order valence-corrected chi connectivity index (χ0v) is 29.5. The van der Waals surface area contributed by atoms with Crippen LogP contribution in [0.25, 0.3) is 98.1 Å². The van der Waals surface area contributed by atoms with E-state index in [1.807, 2.05) is 106 Å².